The van der Waals surface area contributed by atoms with Crippen molar-refractivity contribution in [3.05, 3.63) is 57.6 Å². The number of Topliss-reactive ketones (excluding diaryl/α,β-unsaturated/α-hetero) is 1. The van der Waals surface area contributed by atoms with Crippen LogP contribution in [0.15, 0.2) is 47.0 Å². The summed E-state index contributed by atoms with van der Waals surface area (Å²) in [5.41, 5.74) is 3.73. The molecule has 3 aliphatic rings. The monoisotopic (exact) mass is 373 g/mol. The van der Waals surface area contributed by atoms with Gasteiger partial charge in [-0.25, -0.2) is 4.79 Å². The molecule has 0 radical (unpaired) electrons. The van der Waals surface area contributed by atoms with Crippen LogP contribution >= 0.6 is 11.6 Å². The SMILES string of the molecule is COC(=O)OC1=C2CCCN2C2=C(C(=O)CCC2)C1c1ccc(Cl)cc1. The van der Waals surface area contributed by atoms with Gasteiger partial charge >= 0.3 is 6.16 Å². The lowest BCUT2D eigenvalue weighted by Gasteiger charge is -2.39. The van der Waals surface area contributed by atoms with Gasteiger partial charge in [0, 0.05) is 29.3 Å². The van der Waals surface area contributed by atoms with Crippen LogP contribution in [-0.2, 0) is 14.3 Å². The van der Waals surface area contributed by atoms with E-state index in [0.717, 1.165) is 54.8 Å². The van der Waals surface area contributed by atoms with Crippen molar-refractivity contribution < 1.29 is 19.1 Å². The van der Waals surface area contributed by atoms with Gasteiger partial charge < -0.3 is 14.4 Å². The molecule has 0 spiro atoms. The minimum absolute atomic E-state index is 0.128. The van der Waals surface area contributed by atoms with E-state index in [0.29, 0.717) is 17.2 Å². The number of hydrogen-bond donors (Lipinski definition) is 0. The summed E-state index contributed by atoms with van der Waals surface area (Å²) < 4.78 is 10.3. The highest BCUT2D eigenvalue weighted by atomic mass is 35.5. The summed E-state index contributed by atoms with van der Waals surface area (Å²) in [6.07, 6.45) is 3.30. The average molecular weight is 374 g/mol. The summed E-state index contributed by atoms with van der Waals surface area (Å²) in [4.78, 5) is 27.0. The second kappa shape index (κ2) is 6.80. The van der Waals surface area contributed by atoms with Crippen LogP contribution in [0.4, 0.5) is 4.79 Å². The summed E-state index contributed by atoms with van der Waals surface area (Å²) in [5, 5.41) is 0.624. The predicted octanol–water partition coefficient (Wildman–Crippen LogP) is 4.53. The van der Waals surface area contributed by atoms with E-state index in [2.05, 4.69) is 4.90 Å². The molecule has 0 aromatic heterocycles. The third-order valence-electron chi connectivity index (χ3n) is 5.27. The average Bonchev–Trinajstić information content (AvgIpc) is 3.13. The largest absolute Gasteiger partial charge is 0.513 e. The normalized spacial score (nSPS) is 22.3. The molecule has 0 saturated carbocycles. The second-order valence-electron chi connectivity index (χ2n) is 6.74. The number of carbonyl (C=O) groups is 2. The Balaban J connectivity index is 1.89. The molecule has 0 amide bonds. The fourth-order valence-electron chi connectivity index (χ4n) is 4.20. The number of ketones is 1. The number of hydrogen-bond acceptors (Lipinski definition) is 5. The molecule has 136 valence electrons. The number of halogens is 1. The Bertz CT molecular complexity index is 825. The van der Waals surface area contributed by atoms with Gasteiger partial charge in [0.2, 0.25) is 0 Å². The molecule has 0 bridgehead atoms. The molecule has 26 heavy (non-hydrogen) atoms. The molecule has 1 aliphatic carbocycles. The standard InChI is InChI=1S/C20H20ClNO4/c1-25-20(24)26-19-15-5-3-11-22(15)14-4-2-6-16(23)18(14)17(19)12-7-9-13(21)10-8-12/h7-10,17H,2-6,11H2,1H3. The van der Waals surface area contributed by atoms with Crippen molar-refractivity contribution in [2.75, 3.05) is 13.7 Å². The summed E-state index contributed by atoms with van der Waals surface area (Å²) >= 11 is 6.04. The van der Waals surface area contributed by atoms with Crippen molar-refractivity contribution in [3.63, 3.8) is 0 Å². The van der Waals surface area contributed by atoms with Crippen LogP contribution in [0.3, 0.4) is 0 Å². The van der Waals surface area contributed by atoms with E-state index >= 15 is 0 Å². The van der Waals surface area contributed by atoms with Gasteiger partial charge in [-0.15, -0.1) is 0 Å². The van der Waals surface area contributed by atoms with Gasteiger partial charge in [0.05, 0.1) is 18.7 Å². The van der Waals surface area contributed by atoms with Crippen LogP contribution in [0.25, 0.3) is 0 Å². The van der Waals surface area contributed by atoms with Gasteiger partial charge in [-0.3, -0.25) is 4.79 Å². The maximum atomic E-state index is 12.9. The summed E-state index contributed by atoms with van der Waals surface area (Å²) in [6.45, 7) is 0.850. The fourth-order valence-corrected chi connectivity index (χ4v) is 4.33. The molecular formula is C20H20ClNO4. The van der Waals surface area contributed by atoms with Crippen LogP contribution in [0.1, 0.15) is 43.6 Å². The number of rotatable bonds is 2. The van der Waals surface area contributed by atoms with Crippen LogP contribution in [0.5, 0.6) is 0 Å². The minimum atomic E-state index is -0.759. The van der Waals surface area contributed by atoms with Gasteiger partial charge in [0.25, 0.3) is 0 Å². The Morgan fingerprint density at radius 1 is 1.12 bits per heavy atom. The summed E-state index contributed by atoms with van der Waals surface area (Å²) in [5.74, 6) is 0.257. The van der Waals surface area contributed by atoms with Gasteiger partial charge in [-0.2, -0.15) is 0 Å². The molecule has 2 heterocycles. The van der Waals surface area contributed by atoms with Crippen LogP contribution in [-0.4, -0.2) is 30.5 Å². The molecule has 1 aromatic carbocycles. The third-order valence-corrected chi connectivity index (χ3v) is 5.53. The fraction of sp³-hybridized carbons (Fsp3) is 0.400. The van der Waals surface area contributed by atoms with Crippen molar-refractivity contribution in [1.29, 1.82) is 0 Å². The molecular weight excluding hydrogens is 354 g/mol. The highest BCUT2D eigenvalue weighted by Gasteiger charge is 2.43. The van der Waals surface area contributed by atoms with Gasteiger partial charge in [0.15, 0.2) is 5.78 Å². The molecule has 4 rings (SSSR count). The lowest BCUT2D eigenvalue weighted by atomic mass is 9.78. The van der Waals surface area contributed by atoms with Crippen LogP contribution in [0.2, 0.25) is 5.02 Å². The molecule has 1 aromatic rings. The van der Waals surface area contributed by atoms with Gasteiger partial charge in [0.1, 0.15) is 5.76 Å². The lowest BCUT2D eigenvalue weighted by Crippen LogP contribution is -2.34. The Morgan fingerprint density at radius 3 is 2.58 bits per heavy atom. The highest BCUT2D eigenvalue weighted by molar-refractivity contribution is 6.30. The molecule has 2 aliphatic heterocycles. The zero-order chi connectivity index (χ0) is 18.3. The van der Waals surface area contributed by atoms with E-state index in [1.165, 1.54) is 7.11 Å². The Morgan fingerprint density at radius 2 is 1.85 bits per heavy atom. The first kappa shape index (κ1) is 17.2. The number of fused-ring (bicyclic) bond motifs is 2. The molecule has 1 unspecified atom stereocenters. The van der Waals surface area contributed by atoms with E-state index in [-0.39, 0.29) is 5.78 Å². The topological polar surface area (TPSA) is 55.8 Å². The van der Waals surface area contributed by atoms with E-state index in [1.54, 1.807) is 12.1 Å². The number of carbonyl (C=O) groups excluding carboxylic acids is 2. The molecule has 1 saturated heterocycles. The van der Waals surface area contributed by atoms with E-state index in [9.17, 15) is 9.59 Å². The number of benzene rings is 1. The Hall–Kier alpha value is -2.27. The predicted molar refractivity (Wildman–Crippen MR) is 96.5 cm³/mol. The zero-order valence-corrected chi connectivity index (χ0v) is 15.3. The molecule has 0 N–H and O–H groups in total. The molecule has 1 fully saturated rings. The van der Waals surface area contributed by atoms with Crippen molar-refractivity contribution in [1.82, 2.24) is 4.90 Å². The first-order valence-corrected chi connectivity index (χ1v) is 9.26. The van der Waals surface area contributed by atoms with Gasteiger partial charge in [-0.1, -0.05) is 23.7 Å². The van der Waals surface area contributed by atoms with E-state index in [4.69, 9.17) is 21.1 Å². The van der Waals surface area contributed by atoms with E-state index < -0.39 is 12.1 Å². The number of ether oxygens (including phenoxy) is 2. The smallest absolute Gasteiger partial charge is 0.437 e. The Kier molecular flexibility index (Phi) is 4.49. The summed E-state index contributed by atoms with van der Waals surface area (Å²) in [6, 6.07) is 7.38. The van der Waals surface area contributed by atoms with Crippen LogP contribution in [0, 0.1) is 0 Å². The summed E-state index contributed by atoms with van der Waals surface area (Å²) in [7, 11) is 1.29. The third kappa shape index (κ3) is 2.80. The molecule has 6 heteroatoms. The van der Waals surface area contributed by atoms with Crippen molar-refractivity contribution >= 4 is 23.5 Å². The maximum Gasteiger partial charge on any atom is 0.513 e. The Labute approximate surface area is 157 Å². The number of methoxy groups -OCH3 is 1. The second-order valence-corrected chi connectivity index (χ2v) is 7.18. The zero-order valence-electron chi connectivity index (χ0n) is 14.6. The first-order chi connectivity index (χ1) is 12.6. The lowest BCUT2D eigenvalue weighted by molar-refractivity contribution is -0.116. The molecule has 5 nitrogen and oxygen atoms in total. The van der Waals surface area contributed by atoms with Crippen LogP contribution < -0.4 is 0 Å². The van der Waals surface area contributed by atoms with Crippen molar-refractivity contribution in [3.8, 4) is 0 Å². The van der Waals surface area contributed by atoms with Crippen molar-refractivity contribution in [2.45, 2.75) is 38.0 Å². The molecule has 1 atom stereocenters. The quantitative estimate of drug-likeness (QED) is 0.712. The first-order valence-electron chi connectivity index (χ1n) is 8.88. The van der Waals surface area contributed by atoms with Gasteiger partial charge in [-0.05, 0) is 43.4 Å². The van der Waals surface area contributed by atoms with Crippen molar-refractivity contribution in [2.24, 2.45) is 0 Å². The number of allylic oxidation sites excluding steroid dienone is 3. The highest BCUT2D eigenvalue weighted by Crippen LogP contribution is 2.49. The number of nitrogens with zero attached hydrogens (tertiary/aromatic N) is 1. The van der Waals surface area contributed by atoms with E-state index in [1.807, 2.05) is 12.1 Å². The minimum Gasteiger partial charge on any atom is -0.437 e. The maximum absolute atomic E-state index is 12.9.